The molecule has 0 saturated carbocycles. The Labute approximate surface area is 82.1 Å². The molecular weight excluding hydrogens is 160 g/mol. The van der Waals surface area contributed by atoms with Gasteiger partial charge in [0, 0.05) is 12.5 Å². The quantitative estimate of drug-likeness (QED) is 0.710. The van der Waals surface area contributed by atoms with Crippen molar-refractivity contribution in [3.05, 3.63) is 0 Å². The zero-order valence-corrected chi connectivity index (χ0v) is 9.30. The van der Waals surface area contributed by atoms with E-state index in [4.69, 9.17) is 11.0 Å². The summed E-state index contributed by atoms with van der Waals surface area (Å²) in [5, 5.41) is 8.50. The second kappa shape index (κ2) is 5.24. The van der Waals surface area contributed by atoms with E-state index < -0.39 is 0 Å². The van der Waals surface area contributed by atoms with Crippen molar-refractivity contribution >= 4 is 0 Å². The minimum atomic E-state index is 0.251. The van der Waals surface area contributed by atoms with E-state index in [1.165, 1.54) is 0 Å². The first-order chi connectivity index (χ1) is 5.89. The third-order valence-corrected chi connectivity index (χ3v) is 2.69. The summed E-state index contributed by atoms with van der Waals surface area (Å²) in [7, 11) is 0. The van der Waals surface area contributed by atoms with Gasteiger partial charge in [-0.05, 0) is 31.1 Å². The average molecular weight is 182 g/mol. The third-order valence-electron chi connectivity index (χ3n) is 2.69. The fourth-order valence-corrected chi connectivity index (χ4v) is 1.55. The zero-order chi connectivity index (χ0) is 10.5. The van der Waals surface area contributed by atoms with Gasteiger partial charge in [-0.1, -0.05) is 20.8 Å². The molecule has 0 amide bonds. The summed E-state index contributed by atoms with van der Waals surface area (Å²) < 4.78 is 0. The molecule has 2 nitrogen and oxygen atoms in total. The molecule has 0 spiro atoms. The number of hydrogen-bond donors (Lipinski definition) is 1. The normalized spacial score (nSPS) is 16.3. The second-order valence-electron chi connectivity index (χ2n) is 4.86. The lowest BCUT2D eigenvalue weighted by Gasteiger charge is -2.29. The van der Waals surface area contributed by atoms with Crippen molar-refractivity contribution in [2.24, 2.45) is 17.1 Å². The Hall–Kier alpha value is -0.550. The molecule has 0 aliphatic carbocycles. The van der Waals surface area contributed by atoms with Crippen molar-refractivity contribution in [2.45, 2.75) is 53.0 Å². The highest BCUT2D eigenvalue weighted by Crippen LogP contribution is 2.31. The molecule has 0 radical (unpaired) electrons. The zero-order valence-electron chi connectivity index (χ0n) is 9.30. The Morgan fingerprint density at radius 3 is 2.31 bits per heavy atom. The minimum Gasteiger partial charge on any atom is -0.328 e. The lowest BCUT2D eigenvalue weighted by Crippen LogP contribution is -2.28. The van der Waals surface area contributed by atoms with Crippen LogP contribution in [0.4, 0.5) is 0 Å². The highest BCUT2D eigenvalue weighted by atomic mass is 14.6. The largest absolute Gasteiger partial charge is 0.328 e. The van der Waals surface area contributed by atoms with Crippen LogP contribution >= 0.6 is 0 Å². The predicted octanol–water partition coefficient (Wildman–Crippen LogP) is 2.69. The van der Waals surface area contributed by atoms with Gasteiger partial charge in [-0.15, -0.1) is 0 Å². The molecular formula is C11H22N2. The summed E-state index contributed by atoms with van der Waals surface area (Å²) >= 11 is 0. The molecule has 0 aliphatic heterocycles. The minimum absolute atomic E-state index is 0.251. The lowest BCUT2D eigenvalue weighted by atomic mass is 9.78. The van der Waals surface area contributed by atoms with Crippen molar-refractivity contribution in [2.75, 3.05) is 0 Å². The Morgan fingerprint density at radius 2 is 1.92 bits per heavy atom. The molecule has 2 heteroatoms. The van der Waals surface area contributed by atoms with Crippen LogP contribution in [0.2, 0.25) is 0 Å². The Kier molecular flexibility index (Phi) is 5.02. The summed E-state index contributed by atoms with van der Waals surface area (Å²) in [5.41, 5.74) is 6.06. The number of nitrogens with zero attached hydrogens (tertiary/aromatic N) is 1. The van der Waals surface area contributed by atoms with E-state index in [1.54, 1.807) is 0 Å². The van der Waals surface area contributed by atoms with Gasteiger partial charge >= 0.3 is 0 Å². The number of rotatable bonds is 5. The molecule has 0 aliphatic rings. The Morgan fingerprint density at radius 1 is 1.38 bits per heavy atom. The maximum atomic E-state index is 8.50. The fraction of sp³-hybridized carbons (Fsp3) is 0.909. The summed E-state index contributed by atoms with van der Waals surface area (Å²) in [6.45, 7) is 8.65. The Balaban J connectivity index is 3.94. The van der Waals surface area contributed by atoms with E-state index in [1.807, 2.05) is 6.92 Å². The second-order valence-corrected chi connectivity index (χ2v) is 4.86. The van der Waals surface area contributed by atoms with Crippen LogP contribution in [0.1, 0.15) is 47.0 Å². The maximum absolute atomic E-state index is 8.50. The summed E-state index contributed by atoms with van der Waals surface area (Å²) in [5.74, 6) is 0.536. The third kappa shape index (κ3) is 5.65. The van der Waals surface area contributed by atoms with E-state index in [-0.39, 0.29) is 11.5 Å². The average Bonchev–Trinajstić information content (AvgIpc) is 2.00. The highest BCUT2D eigenvalue weighted by Gasteiger charge is 2.22. The van der Waals surface area contributed by atoms with Crippen LogP contribution in [0.5, 0.6) is 0 Å². The van der Waals surface area contributed by atoms with Crippen LogP contribution in [-0.2, 0) is 0 Å². The number of nitriles is 1. The van der Waals surface area contributed by atoms with E-state index >= 15 is 0 Å². The molecule has 76 valence electrons. The van der Waals surface area contributed by atoms with Gasteiger partial charge in [0.15, 0.2) is 0 Å². The summed E-state index contributed by atoms with van der Waals surface area (Å²) in [4.78, 5) is 0. The molecule has 0 rings (SSSR count). The van der Waals surface area contributed by atoms with Gasteiger partial charge in [0.05, 0.1) is 6.07 Å². The first-order valence-electron chi connectivity index (χ1n) is 5.01. The SMILES string of the molecule is CC(N)C(C)CC(C)(C)CCC#N. The predicted molar refractivity (Wildman–Crippen MR) is 56.1 cm³/mol. The van der Waals surface area contributed by atoms with Crippen molar-refractivity contribution in [3.8, 4) is 6.07 Å². The monoisotopic (exact) mass is 182 g/mol. The van der Waals surface area contributed by atoms with Crippen LogP contribution in [0.3, 0.4) is 0 Å². The van der Waals surface area contributed by atoms with Crippen molar-refractivity contribution in [3.63, 3.8) is 0 Å². The number of hydrogen-bond acceptors (Lipinski definition) is 2. The van der Waals surface area contributed by atoms with Gasteiger partial charge < -0.3 is 5.73 Å². The summed E-state index contributed by atoms with van der Waals surface area (Å²) in [6.07, 6.45) is 2.73. The van der Waals surface area contributed by atoms with Gasteiger partial charge in [0.2, 0.25) is 0 Å². The van der Waals surface area contributed by atoms with Crippen molar-refractivity contribution < 1.29 is 0 Å². The molecule has 0 fully saturated rings. The van der Waals surface area contributed by atoms with E-state index in [0.29, 0.717) is 12.3 Å². The van der Waals surface area contributed by atoms with Gasteiger partial charge in [-0.3, -0.25) is 0 Å². The van der Waals surface area contributed by atoms with Gasteiger partial charge in [0.1, 0.15) is 0 Å². The standard InChI is InChI=1S/C11H22N2/c1-9(10(2)13)8-11(3,4)6-5-7-12/h9-10H,5-6,8,13H2,1-4H3. The first kappa shape index (κ1) is 12.4. The number of nitrogens with two attached hydrogens (primary N) is 1. The van der Waals surface area contributed by atoms with Crippen LogP contribution in [0.15, 0.2) is 0 Å². The molecule has 0 saturated heterocycles. The molecule has 0 aromatic carbocycles. The molecule has 2 atom stereocenters. The molecule has 2 unspecified atom stereocenters. The fourth-order valence-electron chi connectivity index (χ4n) is 1.55. The molecule has 13 heavy (non-hydrogen) atoms. The van der Waals surface area contributed by atoms with Gasteiger partial charge in [-0.2, -0.15) is 5.26 Å². The maximum Gasteiger partial charge on any atom is 0.0621 e. The first-order valence-corrected chi connectivity index (χ1v) is 5.01. The van der Waals surface area contributed by atoms with E-state index in [0.717, 1.165) is 12.8 Å². The van der Waals surface area contributed by atoms with Crippen LogP contribution in [0, 0.1) is 22.7 Å². The van der Waals surface area contributed by atoms with Crippen molar-refractivity contribution in [1.29, 1.82) is 5.26 Å². The Bertz CT molecular complexity index is 177. The van der Waals surface area contributed by atoms with Gasteiger partial charge in [0.25, 0.3) is 0 Å². The molecule has 0 aromatic rings. The van der Waals surface area contributed by atoms with Crippen molar-refractivity contribution in [1.82, 2.24) is 0 Å². The van der Waals surface area contributed by atoms with Crippen LogP contribution in [0.25, 0.3) is 0 Å². The molecule has 0 aromatic heterocycles. The van der Waals surface area contributed by atoms with E-state index in [2.05, 4.69) is 26.8 Å². The van der Waals surface area contributed by atoms with Crippen LogP contribution < -0.4 is 5.73 Å². The molecule has 2 N–H and O–H groups in total. The highest BCUT2D eigenvalue weighted by molar-refractivity contribution is 4.80. The molecule has 0 heterocycles. The van der Waals surface area contributed by atoms with Gasteiger partial charge in [-0.25, -0.2) is 0 Å². The smallest absolute Gasteiger partial charge is 0.0621 e. The molecule has 0 bridgehead atoms. The topological polar surface area (TPSA) is 49.8 Å². The van der Waals surface area contributed by atoms with Crippen LogP contribution in [-0.4, -0.2) is 6.04 Å². The van der Waals surface area contributed by atoms with E-state index in [9.17, 15) is 0 Å². The lowest BCUT2D eigenvalue weighted by molar-refractivity contribution is 0.243. The summed E-state index contributed by atoms with van der Waals surface area (Å²) in [6, 6.07) is 2.45.